The summed E-state index contributed by atoms with van der Waals surface area (Å²) in [7, 11) is -0.452. The minimum Gasteiger partial charge on any atom is -0.493 e. The highest BCUT2D eigenvalue weighted by molar-refractivity contribution is 6.40. The smallest absolute Gasteiger partial charge is 0.491 e. The van der Waals surface area contributed by atoms with Crippen molar-refractivity contribution < 1.29 is 28.7 Å². The molecule has 0 spiro atoms. The van der Waals surface area contributed by atoms with Crippen molar-refractivity contribution in [3.05, 3.63) is 29.6 Å². The SMILES string of the molecule is COC(=O)C(N)Cc1ccc(OCB(O)O)c(F)c1. The monoisotopic (exact) mass is 271 g/mol. The topological polar surface area (TPSA) is 102 Å². The van der Waals surface area contributed by atoms with Gasteiger partial charge in [0.25, 0.3) is 0 Å². The zero-order valence-corrected chi connectivity index (χ0v) is 10.4. The van der Waals surface area contributed by atoms with E-state index in [1.165, 1.54) is 25.3 Å². The van der Waals surface area contributed by atoms with Crippen LogP contribution < -0.4 is 10.5 Å². The zero-order valence-electron chi connectivity index (χ0n) is 10.4. The van der Waals surface area contributed by atoms with Gasteiger partial charge in [0.1, 0.15) is 12.5 Å². The summed E-state index contributed by atoms with van der Waals surface area (Å²) in [5, 5.41) is 17.2. The van der Waals surface area contributed by atoms with E-state index in [0.717, 1.165) is 0 Å². The fourth-order valence-electron chi connectivity index (χ4n) is 1.44. The molecule has 0 radical (unpaired) electrons. The zero-order chi connectivity index (χ0) is 14.4. The van der Waals surface area contributed by atoms with Gasteiger partial charge in [-0.05, 0) is 24.1 Å². The highest BCUT2D eigenvalue weighted by Crippen LogP contribution is 2.19. The molecule has 0 saturated heterocycles. The first-order valence-electron chi connectivity index (χ1n) is 5.54. The molecule has 0 aliphatic carbocycles. The molecular formula is C11H15BFNO5. The van der Waals surface area contributed by atoms with Crippen LogP contribution in [-0.2, 0) is 16.0 Å². The molecule has 0 aliphatic heterocycles. The fraction of sp³-hybridized carbons (Fsp3) is 0.364. The Kier molecular flexibility index (Phi) is 5.74. The van der Waals surface area contributed by atoms with E-state index < -0.39 is 31.5 Å². The second-order valence-electron chi connectivity index (χ2n) is 3.89. The quantitative estimate of drug-likeness (QED) is 0.465. The first-order chi connectivity index (χ1) is 8.93. The van der Waals surface area contributed by atoms with E-state index in [2.05, 4.69) is 4.74 Å². The Morgan fingerprint density at radius 2 is 2.21 bits per heavy atom. The Balaban J connectivity index is 2.68. The summed E-state index contributed by atoms with van der Waals surface area (Å²) >= 11 is 0. The van der Waals surface area contributed by atoms with Gasteiger partial charge in [-0.3, -0.25) is 4.79 Å². The molecule has 4 N–H and O–H groups in total. The van der Waals surface area contributed by atoms with Crippen LogP contribution in [0.3, 0.4) is 0 Å². The second-order valence-corrected chi connectivity index (χ2v) is 3.89. The number of carbonyl (C=O) groups is 1. The minimum atomic E-state index is -1.67. The summed E-state index contributed by atoms with van der Waals surface area (Å²) in [6.07, 6.45) is 0.131. The van der Waals surface area contributed by atoms with Crippen LogP contribution in [0.2, 0.25) is 0 Å². The van der Waals surface area contributed by atoms with Crippen LogP contribution >= 0.6 is 0 Å². The van der Waals surface area contributed by atoms with Gasteiger partial charge in [-0.15, -0.1) is 0 Å². The van der Waals surface area contributed by atoms with Crippen LogP contribution in [0.15, 0.2) is 18.2 Å². The predicted molar refractivity (Wildman–Crippen MR) is 65.8 cm³/mol. The van der Waals surface area contributed by atoms with Crippen LogP contribution in [0.25, 0.3) is 0 Å². The molecule has 0 aromatic heterocycles. The summed E-state index contributed by atoms with van der Waals surface area (Å²) in [6.45, 7) is -0.433. The largest absolute Gasteiger partial charge is 0.493 e. The van der Waals surface area contributed by atoms with Crippen LogP contribution in [-0.4, -0.2) is 42.8 Å². The molecule has 1 atom stereocenters. The molecular weight excluding hydrogens is 256 g/mol. The number of methoxy groups -OCH3 is 1. The van der Waals surface area contributed by atoms with E-state index in [4.69, 9.17) is 20.5 Å². The third-order valence-corrected chi connectivity index (χ3v) is 2.34. The van der Waals surface area contributed by atoms with E-state index in [-0.39, 0.29) is 12.2 Å². The van der Waals surface area contributed by atoms with Crippen LogP contribution in [0.4, 0.5) is 4.39 Å². The molecule has 0 amide bonds. The summed E-state index contributed by atoms with van der Waals surface area (Å²) in [4.78, 5) is 11.1. The van der Waals surface area contributed by atoms with Gasteiger partial charge in [-0.2, -0.15) is 0 Å². The molecule has 104 valence electrons. The van der Waals surface area contributed by atoms with Crippen molar-refractivity contribution in [2.75, 3.05) is 13.6 Å². The van der Waals surface area contributed by atoms with Gasteiger partial charge in [0.2, 0.25) is 0 Å². The van der Waals surface area contributed by atoms with Crippen LogP contribution in [0.1, 0.15) is 5.56 Å². The number of halogens is 1. The van der Waals surface area contributed by atoms with E-state index in [1.54, 1.807) is 0 Å². The van der Waals surface area contributed by atoms with Gasteiger partial charge in [-0.1, -0.05) is 6.07 Å². The van der Waals surface area contributed by atoms with Gasteiger partial charge in [0.05, 0.1) is 7.11 Å². The molecule has 0 aliphatic rings. The maximum absolute atomic E-state index is 13.6. The van der Waals surface area contributed by atoms with Gasteiger partial charge >= 0.3 is 13.1 Å². The number of rotatable bonds is 6. The van der Waals surface area contributed by atoms with Crippen molar-refractivity contribution >= 4 is 13.1 Å². The number of nitrogens with two attached hydrogens (primary N) is 1. The lowest BCUT2D eigenvalue weighted by Gasteiger charge is -2.11. The third kappa shape index (κ3) is 4.86. The lowest BCUT2D eigenvalue weighted by molar-refractivity contribution is -0.142. The Hall–Kier alpha value is -1.64. The maximum atomic E-state index is 13.6. The predicted octanol–water partition coefficient (Wildman–Crippen LogP) is -0.741. The lowest BCUT2D eigenvalue weighted by atomic mass is 9.95. The molecule has 1 aromatic rings. The Morgan fingerprint density at radius 3 is 2.74 bits per heavy atom. The van der Waals surface area contributed by atoms with Crippen molar-refractivity contribution in [2.45, 2.75) is 12.5 Å². The summed E-state index contributed by atoms with van der Waals surface area (Å²) in [5.74, 6) is -1.36. The summed E-state index contributed by atoms with van der Waals surface area (Å²) < 4.78 is 22.9. The number of hydrogen-bond donors (Lipinski definition) is 3. The van der Waals surface area contributed by atoms with Gasteiger partial charge < -0.3 is 25.3 Å². The first kappa shape index (κ1) is 15.4. The minimum absolute atomic E-state index is 0.108. The van der Waals surface area contributed by atoms with Crippen molar-refractivity contribution in [3.8, 4) is 5.75 Å². The van der Waals surface area contributed by atoms with E-state index in [0.29, 0.717) is 5.56 Å². The van der Waals surface area contributed by atoms with Crippen LogP contribution in [0, 0.1) is 5.82 Å². The number of hydrogen-bond acceptors (Lipinski definition) is 6. The molecule has 1 rings (SSSR count). The number of benzene rings is 1. The standard InChI is InChI=1S/C11H15BFNO5/c1-18-11(15)9(14)5-7-2-3-10(8(13)4-7)19-6-12(16)17/h2-4,9,16-17H,5-6,14H2,1H3. The van der Waals surface area contributed by atoms with Gasteiger partial charge in [0.15, 0.2) is 11.6 Å². The molecule has 1 aromatic carbocycles. The fourth-order valence-corrected chi connectivity index (χ4v) is 1.44. The van der Waals surface area contributed by atoms with Crippen molar-refractivity contribution in [2.24, 2.45) is 5.73 Å². The second kappa shape index (κ2) is 7.08. The van der Waals surface area contributed by atoms with E-state index in [1.807, 2.05) is 0 Å². The van der Waals surface area contributed by atoms with Gasteiger partial charge in [0, 0.05) is 0 Å². The number of ether oxygens (including phenoxy) is 2. The molecule has 0 bridgehead atoms. The van der Waals surface area contributed by atoms with Gasteiger partial charge in [-0.25, -0.2) is 4.39 Å². The Bertz CT molecular complexity index is 443. The summed E-state index contributed by atoms with van der Waals surface area (Å²) in [6, 6.07) is 3.17. The molecule has 0 saturated carbocycles. The van der Waals surface area contributed by atoms with Crippen molar-refractivity contribution in [3.63, 3.8) is 0 Å². The molecule has 8 heteroatoms. The molecule has 19 heavy (non-hydrogen) atoms. The average Bonchev–Trinajstić information content (AvgIpc) is 2.36. The lowest BCUT2D eigenvalue weighted by Crippen LogP contribution is -2.33. The molecule has 6 nitrogen and oxygen atoms in total. The maximum Gasteiger partial charge on any atom is 0.491 e. The number of esters is 1. The highest BCUT2D eigenvalue weighted by atomic mass is 19.1. The summed E-state index contributed by atoms with van der Waals surface area (Å²) in [5.41, 5.74) is 6.06. The first-order valence-corrected chi connectivity index (χ1v) is 5.54. The molecule has 1 unspecified atom stereocenters. The van der Waals surface area contributed by atoms with Crippen molar-refractivity contribution in [1.82, 2.24) is 0 Å². The van der Waals surface area contributed by atoms with E-state index >= 15 is 0 Å². The Morgan fingerprint density at radius 1 is 1.53 bits per heavy atom. The average molecular weight is 271 g/mol. The normalized spacial score (nSPS) is 11.8. The van der Waals surface area contributed by atoms with Crippen molar-refractivity contribution in [1.29, 1.82) is 0 Å². The van der Waals surface area contributed by atoms with E-state index in [9.17, 15) is 9.18 Å². The number of carbonyl (C=O) groups excluding carboxylic acids is 1. The molecule has 0 fully saturated rings. The molecule has 0 heterocycles. The third-order valence-electron chi connectivity index (χ3n) is 2.34. The Labute approximate surface area is 110 Å². The highest BCUT2D eigenvalue weighted by Gasteiger charge is 2.16. The van der Waals surface area contributed by atoms with Crippen LogP contribution in [0.5, 0.6) is 5.75 Å².